The van der Waals surface area contributed by atoms with Crippen LogP contribution in [0.2, 0.25) is 19.6 Å². The van der Waals surface area contributed by atoms with Gasteiger partial charge in [-0.3, -0.25) is 4.98 Å². The second-order valence-electron chi connectivity index (χ2n) is 5.58. The average molecular weight is 288 g/mol. The molecule has 0 aliphatic carbocycles. The van der Waals surface area contributed by atoms with Crippen molar-refractivity contribution >= 4 is 13.3 Å². The lowest BCUT2D eigenvalue weighted by atomic mass is 10.1. The molecule has 102 valence electrons. The molecule has 0 saturated heterocycles. The summed E-state index contributed by atoms with van der Waals surface area (Å²) in [6.45, 7) is 6.52. The van der Waals surface area contributed by atoms with E-state index in [0.717, 1.165) is 11.3 Å². The highest BCUT2D eigenvalue weighted by molar-refractivity contribution is 6.88. The highest BCUT2D eigenvalue weighted by atomic mass is 28.3. The molecule has 0 spiro atoms. The van der Waals surface area contributed by atoms with Crippen LogP contribution in [-0.2, 0) is 0 Å². The molecule has 0 saturated carbocycles. The molecule has 2 nitrogen and oxygen atoms in total. The number of hydrogen-bond acceptors (Lipinski definition) is 2. The van der Waals surface area contributed by atoms with Gasteiger partial charge in [0.15, 0.2) is 5.82 Å². The van der Waals surface area contributed by atoms with E-state index in [2.05, 4.69) is 24.6 Å². The molecule has 5 heteroatoms. The molecule has 2 rings (SSSR count). The van der Waals surface area contributed by atoms with Gasteiger partial charge in [-0.15, -0.1) is 0 Å². The van der Waals surface area contributed by atoms with Crippen LogP contribution in [0.15, 0.2) is 30.5 Å². The first kappa shape index (κ1) is 14.3. The van der Waals surface area contributed by atoms with Gasteiger partial charge in [0.25, 0.3) is 0 Å². The lowest BCUT2D eigenvalue weighted by molar-refractivity contribution is 0.579. The Kier molecular flexibility index (Phi) is 3.69. The summed E-state index contributed by atoms with van der Waals surface area (Å²) in [7, 11) is -1.55. The number of hydrogen-bond donors (Lipinski definition) is 0. The van der Waals surface area contributed by atoms with Crippen molar-refractivity contribution in [1.82, 2.24) is 4.98 Å². The van der Waals surface area contributed by atoms with E-state index >= 15 is 0 Å². The second-order valence-corrected chi connectivity index (χ2v) is 10.7. The minimum absolute atomic E-state index is 0.156. The Bertz CT molecular complexity index is 700. The van der Waals surface area contributed by atoms with Crippen molar-refractivity contribution in [1.29, 1.82) is 5.26 Å². The SMILES string of the molecule is C[Si](C)(C)c1ccnc(-c2ccc(F)c(C#N)c2F)c1. The van der Waals surface area contributed by atoms with E-state index in [0.29, 0.717) is 5.69 Å². The van der Waals surface area contributed by atoms with Crippen molar-refractivity contribution in [3.8, 4) is 17.3 Å². The largest absolute Gasteiger partial charge is 0.256 e. The molecule has 0 aliphatic rings. The van der Waals surface area contributed by atoms with Crippen LogP contribution in [-0.4, -0.2) is 13.1 Å². The van der Waals surface area contributed by atoms with Crippen LogP contribution in [0.4, 0.5) is 8.78 Å². The Hall–Kier alpha value is -2.06. The molecule has 0 bridgehead atoms. The zero-order valence-corrected chi connectivity index (χ0v) is 12.5. The van der Waals surface area contributed by atoms with Gasteiger partial charge < -0.3 is 0 Å². The molecule has 0 N–H and O–H groups in total. The monoisotopic (exact) mass is 288 g/mol. The molecular formula is C15H14F2N2Si. The van der Waals surface area contributed by atoms with Crippen LogP contribution in [0.25, 0.3) is 11.3 Å². The van der Waals surface area contributed by atoms with E-state index < -0.39 is 25.3 Å². The Balaban J connectivity index is 2.62. The van der Waals surface area contributed by atoms with Crippen LogP contribution < -0.4 is 5.19 Å². The maximum absolute atomic E-state index is 14.2. The van der Waals surface area contributed by atoms with Gasteiger partial charge in [0.2, 0.25) is 0 Å². The van der Waals surface area contributed by atoms with Crippen molar-refractivity contribution in [2.75, 3.05) is 0 Å². The van der Waals surface area contributed by atoms with Crippen LogP contribution in [0.1, 0.15) is 5.56 Å². The molecule has 0 radical (unpaired) electrons. The first-order valence-corrected chi connectivity index (χ1v) is 9.69. The van der Waals surface area contributed by atoms with Gasteiger partial charge in [-0.2, -0.15) is 5.26 Å². The summed E-state index contributed by atoms with van der Waals surface area (Å²) in [5, 5.41) is 9.94. The number of nitrogens with zero attached hydrogens (tertiary/aromatic N) is 2. The summed E-state index contributed by atoms with van der Waals surface area (Å²) in [6.07, 6.45) is 1.62. The van der Waals surface area contributed by atoms with E-state index in [1.54, 1.807) is 12.3 Å². The minimum Gasteiger partial charge on any atom is -0.256 e. The minimum atomic E-state index is -1.55. The summed E-state index contributed by atoms with van der Waals surface area (Å²) in [5.74, 6) is -1.71. The molecule has 0 atom stereocenters. The topological polar surface area (TPSA) is 36.7 Å². The lowest BCUT2D eigenvalue weighted by Crippen LogP contribution is -2.37. The Morgan fingerprint density at radius 1 is 1.15 bits per heavy atom. The van der Waals surface area contributed by atoms with Gasteiger partial charge in [0, 0.05) is 11.8 Å². The number of rotatable bonds is 2. The molecular weight excluding hydrogens is 274 g/mol. The molecule has 1 aromatic carbocycles. The van der Waals surface area contributed by atoms with Gasteiger partial charge in [-0.1, -0.05) is 24.8 Å². The van der Waals surface area contributed by atoms with E-state index in [4.69, 9.17) is 5.26 Å². The highest BCUT2D eigenvalue weighted by Gasteiger charge is 2.19. The molecule has 2 aromatic rings. The first-order valence-electron chi connectivity index (χ1n) is 6.19. The van der Waals surface area contributed by atoms with Gasteiger partial charge >= 0.3 is 0 Å². The molecule has 20 heavy (non-hydrogen) atoms. The zero-order chi connectivity index (χ0) is 14.9. The fraction of sp³-hybridized carbons (Fsp3) is 0.200. The van der Waals surface area contributed by atoms with E-state index in [1.165, 1.54) is 6.07 Å². The number of aromatic nitrogens is 1. The summed E-state index contributed by atoms with van der Waals surface area (Å²) < 4.78 is 27.5. The van der Waals surface area contributed by atoms with E-state index in [1.807, 2.05) is 12.1 Å². The van der Waals surface area contributed by atoms with Crippen LogP contribution in [0.5, 0.6) is 0 Å². The molecule has 0 aliphatic heterocycles. The van der Waals surface area contributed by atoms with Crippen LogP contribution in [0.3, 0.4) is 0 Å². The van der Waals surface area contributed by atoms with Crippen molar-refractivity contribution in [2.45, 2.75) is 19.6 Å². The Morgan fingerprint density at radius 2 is 1.85 bits per heavy atom. The highest BCUT2D eigenvalue weighted by Crippen LogP contribution is 2.24. The Morgan fingerprint density at radius 3 is 2.45 bits per heavy atom. The fourth-order valence-electron chi connectivity index (χ4n) is 1.90. The lowest BCUT2D eigenvalue weighted by Gasteiger charge is -2.17. The first-order chi connectivity index (χ1) is 9.34. The summed E-state index contributed by atoms with van der Waals surface area (Å²) in [5.41, 5.74) is 0.0182. The van der Waals surface area contributed by atoms with Crippen molar-refractivity contribution in [2.24, 2.45) is 0 Å². The third-order valence-electron chi connectivity index (χ3n) is 3.10. The molecule has 0 unspecified atom stereocenters. The molecule has 0 amide bonds. The standard InChI is InChI=1S/C15H14F2N2Si/c1-20(2,3)10-6-7-19-14(8-10)11-4-5-13(16)12(9-18)15(11)17/h4-8H,1-3H3. The Labute approximate surface area is 117 Å². The second kappa shape index (κ2) is 5.14. The smallest absolute Gasteiger partial charge is 0.153 e. The quantitative estimate of drug-likeness (QED) is 0.794. The van der Waals surface area contributed by atoms with Gasteiger partial charge in [-0.05, 0) is 24.3 Å². The average Bonchev–Trinajstić information content (AvgIpc) is 2.38. The summed E-state index contributed by atoms with van der Waals surface area (Å²) in [4.78, 5) is 4.14. The maximum Gasteiger partial charge on any atom is 0.153 e. The zero-order valence-electron chi connectivity index (χ0n) is 11.5. The van der Waals surface area contributed by atoms with Gasteiger partial charge in [0.05, 0.1) is 13.8 Å². The van der Waals surface area contributed by atoms with Gasteiger partial charge in [0.1, 0.15) is 17.4 Å². The summed E-state index contributed by atoms with van der Waals surface area (Å²) in [6, 6.07) is 7.71. The maximum atomic E-state index is 14.2. The number of nitriles is 1. The molecule has 1 aromatic heterocycles. The van der Waals surface area contributed by atoms with E-state index in [9.17, 15) is 8.78 Å². The molecule has 0 fully saturated rings. The number of halogens is 2. The normalized spacial score (nSPS) is 11.2. The van der Waals surface area contributed by atoms with Crippen LogP contribution >= 0.6 is 0 Å². The fourth-order valence-corrected chi connectivity index (χ4v) is 3.04. The predicted molar refractivity (Wildman–Crippen MR) is 77.3 cm³/mol. The van der Waals surface area contributed by atoms with Crippen molar-refractivity contribution in [3.63, 3.8) is 0 Å². The van der Waals surface area contributed by atoms with Gasteiger partial charge in [-0.25, -0.2) is 8.78 Å². The van der Waals surface area contributed by atoms with E-state index in [-0.39, 0.29) is 5.56 Å². The third kappa shape index (κ3) is 2.61. The summed E-state index contributed by atoms with van der Waals surface area (Å²) >= 11 is 0. The van der Waals surface area contributed by atoms with Crippen molar-refractivity contribution in [3.05, 3.63) is 47.7 Å². The van der Waals surface area contributed by atoms with Crippen LogP contribution in [0, 0.1) is 23.0 Å². The third-order valence-corrected chi connectivity index (χ3v) is 5.15. The number of benzene rings is 1. The van der Waals surface area contributed by atoms with Crippen molar-refractivity contribution < 1.29 is 8.78 Å². The molecule has 1 heterocycles. The number of pyridine rings is 1. The predicted octanol–water partition coefficient (Wildman–Crippen LogP) is 3.44.